The van der Waals surface area contributed by atoms with E-state index in [4.69, 9.17) is 14.1 Å². The normalized spacial score (nSPS) is 24.1. The zero-order valence-corrected chi connectivity index (χ0v) is 17.4. The zero-order valence-electron chi connectivity index (χ0n) is 17.4. The van der Waals surface area contributed by atoms with Gasteiger partial charge in [0.1, 0.15) is 12.4 Å². The molecule has 3 aromatic rings. The molecular formula is C24H26N4O2. The molecule has 0 aliphatic carbocycles. The minimum Gasteiger partial charge on any atom is -0.472 e. The van der Waals surface area contributed by atoms with E-state index in [2.05, 4.69) is 52.6 Å². The molecule has 1 aromatic carbocycles. The Morgan fingerprint density at radius 3 is 2.63 bits per heavy atom. The van der Waals surface area contributed by atoms with E-state index in [1.165, 1.54) is 31.2 Å². The molecule has 0 saturated carbocycles. The molecule has 2 aromatic heterocycles. The highest BCUT2D eigenvalue weighted by molar-refractivity contribution is 5.77. The van der Waals surface area contributed by atoms with E-state index in [0.717, 1.165) is 34.1 Å². The fourth-order valence-corrected chi connectivity index (χ4v) is 5.24. The minimum atomic E-state index is 0.515. The number of aryl methyl sites for hydroxylation is 1. The topological polar surface area (TPSA) is 63.4 Å². The summed E-state index contributed by atoms with van der Waals surface area (Å²) in [6.07, 6.45) is 6.77. The maximum atomic E-state index is 6.08. The van der Waals surface area contributed by atoms with Crippen molar-refractivity contribution in [3.63, 3.8) is 0 Å². The van der Waals surface area contributed by atoms with Gasteiger partial charge in [-0.15, -0.1) is 0 Å². The van der Waals surface area contributed by atoms with Crippen molar-refractivity contribution >= 4 is 5.82 Å². The number of piperidine rings is 1. The van der Waals surface area contributed by atoms with Crippen molar-refractivity contribution in [1.29, 1.82) is 0 Å². The molecular weight excluding hydrogens is 376 g/mol. The summed E-state index contributed by atoms with van der Waals surface area (Å²) >= 11 is 0. The predicted molar refractivity (Wildman–Crippen MR) is 116 cm³/mol. The number of nitrogens with zero attached hydrogens (tertiary/aromatic N) is 3. The van der Waals surface area contributed by atoms with Gasteiger partial charge < -0.3 is 19.4 Å². The van der Waals surface area contributed by atoms with Crippen LogP contribution in [-0.4, -0.2) is 35.1 Å². The number of fused-ring (bicyclic) bond motifs is 5. The molecule has 2 unspecified atom stereocenters. The van der Waals surface area contributed by atoms with E-state index >= 15 is 0 Å². The van der Waals surface area contributed by atoms with Crippen LogP contribution in [0.1, 0.15) is 37.1 Å². The summed E-state index contributed by atoms with van der Waals surface area (Å²) in [6.45, 7) is 2.37. The number of pyridine rings is 1. The first kappa shape index (κ1) is 18.0. The van der Waals surface area contributed by atoms with Gasteiger partial charge in [-0.2, -0.15) is 4.98 Å². The number of rotatable bonds is 3. The van der Waals surface area contributed by atoms with Gasteiger partial charge in [0.15, 0.2) is 11.7 Å². The molecule has 1 N–H and O–H groups in total. The van der Waals surface area contributed by atoms with Crippen molar-refractivity contribution in [2.45, 2.75) is 57.3 Å². The largest absolute Gasteiger partial charge is 0.472 e. The molecule has 2 saturated heterocycles. The molecule has 154 valence electrons. The average molecular weight is 402 g/mol. The second-order valence-electron chi connectivity index (χ2n) is 8.80. The lowest BCUT2D eigenvalue weighted by atomic mass is 9.96. The standard InChI is InChI=1S/C24H26N4O2/c1-14-25-12-22(30-14)15-3-6-20-16(9-15)13-29-24-21(20)7-8-23(27-24)28(2)19-10-17-4-5-18(11-19)26-17/h3,6-9,12,17-19,26H,4-5,10-11,13H2,1-2H3. The molecule has 2 bridgehead atoms. The molecule has 0 spiro atoms. The Bertz CT molecular complexity index is 1100. The van der Waals surface area contributed by atoms with Gasteiger partial charge >= 0.3 is 0 Å². The number of hydrogen-bond donors (Lipinski definition) is 1. The quantitative estimate of drug-likeness (QED) is 0.704. The molecule has 0 radical (unpaired) electrons. The Morgan fingerprint density at radius 2 is 1.87 bits per heavy atom. The highest BCUT2D eigenvalue weighted by atomic mass is 16.5. The van der Waals surface area contributed by atoms with Gasteiger partial charge in [0.05, 0.1) is 6.20 Å². The first-order valence-corrected chi connectivity index (χ1v) is 10.8. The van der Waals surface area contributed by atoms with Gasteiger partial charge in [-0.25, -0.2) is 4.98 Å². The number of anilines is 1. The monoisotopic (exact) mass is 402 g/mol. The second-order valence-corrected chi connectivity index (χ2v) is 8.80. The maximum absolute atomic E-state index is 6.08. The number of aromatic nitrogens is 2. The summed E-state index contributed by atoms with van der Waals surface area (Å²) in [5.74, 6) is 3.18. The van der Waals surface area contributed by atoms with Crippen molar-refractivity contribution in [2.75, 3.05) is 11.9 Å². The lowest BCUT2D eigenvalue weighted by molar-refractivity contribution is 0.289. The van der Waals surface area contributed by atoms with Crippen LogP contribution < -0.4 is 15.0 Å². The lowest BCUT2D eigenvalue weighted by Crippen LogP contribution is -2.47. The Labute approximate surface area is 176 Å². The summed E-state index contributed by atoms with van der Waals surface area (Å²) in [5.41, 5.74) is 4.40. The molecule has 6 rings (SSSR count). The molecule has 5 heterocycles. The van der Waals surface area contributed by atoms with Gasteiger partial charge in [0.2, 0.25) is 5.88 Å². The van der Waals surface area contributed by atoms with E-state index in [-0.39, 0.29) is 0 Å². The van der Waals surface area contributed by atoms with Crippen LogP contribution in [0.3, 0.4) is 0 Å². The zero-order chi connectivity index (χ0) is 20.2. The molecule has 3 aliphatic heterocycles. The fourth-order valence-electron chi connectivity index (χ4n) is 5.24. The third-order valence-corrected chi connectivity index (χ3v) is 6.87. The van der Waals surface area contributed by atoms with Gasteiger partial charge in [0, 0.05) is 43.2 Å². The van der Waals surface area contributed by atoms with Crippen LogP contribution in [0, 0.1) is 6.92 Å². The lowest BCUT2D eigenvalue weighted by Gasteiger charge is -2.36. The van der Waals surface area contributed by atoms with E-state index in [9.17, 15) is 0 Å². The van der Waals surface area contributed by atoms with Crippen molar-refractivity contribution < 1.29 is 9.15 Å². The fraction of sp³-hybridized carbons (Fsp3) is 0.417. The molecule has 6 nitrogen and oxygen atoms in total. The maximum Gasteiger partial charge on any atom is 0.223 e. The molecule has 0 amide bonds. The second kappa shape index (κ2) is 6.84. The Balaban J connectivity index is 1.28. The van der Waals surface area contributed by atoms with Crippen molar-refractivity contribution in [3.05, 3.63) is 48.0 Å². The molecule has 2 fully saturated rings. The van der Waals surface area contributed by atoms with Crippen LogP contribution in [-0.2, 0) is 6.61 Å². The van der Waals surface area contributed by atoms with E-state index < -0.39 is 0 Å². The van der Waals surface area contributed by atoms with Crippen molar-refractivity contribution in [1.82, 2.24) is 15.3 Å². The average Bonchev–Trinajstić information content (AvgIpc) is 3.36. The number of ether oxygens (including phenoxy) is 1. The van der Waals surface area contributed by atoms with Crippen LogP contribution in [0.25, 0.3) is 22.5 Å². The van der Waals surface area contributed by atoms with Gasteiger partial charge in [-0.05, 0) is 55.0 Å². The van der Waals surface area contributed by atoms with Crippen molar-refractivity contribution in [3.8, 4) is 28.3 Å². The Hall–Kier alpha value is -2.86. The van der Waals surface area contributed by atoms with Crippen LogP contribution in [0.4, 0.5) is 5.82 Å². The van der Waals surface area contributed by atoms with Crippen LogP contribution >= 0.6 is 0 Å². The third kappa shape index (κ3) is 2.98. The van der Waals surface area contributed by atoms with Crippen LogP contribution in [0.2, 0.25) is 0 Å². The summed E-state index contributed by atoms with van der Waals surface area (Å²) in [6, 6.07) is 12.5. The molecule has 6 heteroatoms. The summed E-state index contributed by atoms with van der Waals surface area (Å²) in [5, 5.41) is 3.72. The Kier molecular flexibility index (Phi) is 4.09. The predicted octanol–water partition coefficient (Wildman–Crippen LogP) is 4.32. The van der Waals surface area contributed by atoms with E-state index in [1.807, 2.05) is 6.92 Å². The SMILES string of the molecule is Cc1ncc(-c2ccc3c(c2)COc2nc(N(C)C4CC5CCC(C4)N5)ccc2-3)o1. The summed E-state index contributed by atoms with van der Waals surface area (Å²) in [7, 11) is 2.17. The van der Waals surface area contributed by atoms with Gasteiger partial charge in [0.25, 0.3) is 0 Å². The Morgan fingerprint density at radius 1 is 1.07 bits per heavy atom. The van der Waals surface area contributed by atoms with Crippen LogP contribution in [0.15, 0.2) is 40.9 Å². The number of oxazole rings is 1. The molecule has 3 aliphatic rings. The first-order valence-electron chi connectivity index (χ1n) is 10.8. The highest BCUT2D eigenvalue weighted by Crippen LogP contribution is 2.40. The number of hydrogen-bond acceptors (Lipinski definition) is 6. The highest BCUT2D eigenvalue weighted by Gasteiger charge is 2.35. The summed E-state index contributed by atoms with van der Waals surface area (Å²) in [4.78, 5) is 11.4. The minimum absolute atomic E-state index is 0.515. The number of nitrogens with one attached hydrogen (secondary N) is 1. The van der Waals surface area contributed by atoms with Crippen molar-refractivity contribution in [2.24, 2.45) is 0 Å². The van der Waals surface area contributed by atoms with Crippen LogP contribution in [0.5, 0.6) is 5.88 Å². The van der Waals surface area contributed by atoms with Gasteiger partial charge in [-0.3, -0.25) is 0 Å². The smallest absolute Gasteiger partial charge is 0.223 e. The van der Waals surface area contributed by atoms with E-state index in [1.54, 1.807) is 6.20 Å². The third-order valence-electron chi connectivity index (χ3n) is 6.87. The number of benzene rings is 1. The summed E-state index contributed by atoms with van der Waals surface area (Å²) < 4.78 is 11.8. The van der Waals surface area contributed by atoms with E-state index in [0.29, 0.717) is 30.6 Å². The van der Waals surface area contributed by atoms with Gasteiger partial charge in [-0.1, -0.05) is 12.1 Å². The molecule has 2 atom stereocenters. The molecule has 30 heavy (non-hydrogen) atoms. The first-order chi connectivity index (χ1) is 14.6.